The highest BCUT2D eigenvalue weighted by molar-refractivity contribution is 6.06. The molecule has 0 spiro atoms. The molecular weight excluding hydrogens is 420 g/mol. The Labute approximate surface area is 182 Å². The van der Waals surface area contributed by atoms with Crippen molar-refractivity contribution < 1.29 is 34.3 Å². The molecule has 0 unspecified atom stereocenters. The number of benzene rings is 1. The summed E-state index contributed by atoms with van der Waals surface area (Å²) in [4.78, 5) is 50.1. The van der Waals surface area contributed by atoms with Gasteiger partial charge in [0.2, 0.25) is 5.75 Å². The SMILES string of the molecule is COc1cc(C2C3=C(CCCC3=O)N(CC(=O)O)C3=C2C(=O)CCC3)cc([N+](=O)[O-])c1O. The molecule has 10 nitrogen and oxygen atoms in total. The second kappa shape index (κ2) is 8.10. The van der Waals surface area contributed by atoms with E-state index in [0.717, 1.165) is 6.07 Å². The number of hydrogen-bond donors (Lipinski definition) is 2. The highest BCUT2D eigenvalue weighted by Gasteiger charge is 2.44. The van der Waals surface area contributed by atoms with E-state index in [4.69, 9.17) is 4.74 Å². The third-order valence-electron chi connectivity index (χ3n) is 6.21. The van der Waals surface area contributed by atoms with Crippen LogP contribution < -0.4 is 4.74 Å². The molecule has 10 heteroatoms. The molecule has 0 saturated heterocycles. The molecule has 1 heterocycles. The van der Waals surface area contributed by atoms with Crippen LogP contribution in [0, 0.1) is 10.1 Å². The van der Waals surface area contributed by atoms with Crippen LogP contribution in [0.3, 0.4) is 0 Å². The number of phenols is 1. The monoisotopic (exact) mass is 442 g/mol. The van der Waals surface area contributed by atoms with Crippen molar-refractivity contribution in [1.82, 2.24) is 4.90 Å². The van der Waals surface area contributed by atoms with E-state index in [2.05, 4.69) is 0 Å². The standard InChI is InChI=1S/C22H22N2O8/c1-32-17-9-11(8-14(22(17)29)24(30)31)19-20-12(4-2-6-15(20)25)23(10-18(27)28)13-5-3-7-16(26)21(13)19/h8-9,19,29H,2-7,10H2,1H3,(H,27,28). The van der Waals surface area contributed by atoms with Crippen molar-refractivity contribution in [3.05, 3.63) is 50.4 Å². The van der Waals surface area contributed by atoms with Crippen LogP contribution in [-0.4, -0.2) is 51.2 Å². The van der Waals surface area contributed by atoms with E-state index >= 15 is 0 Å². The van der Waals surface area contributed by atoms with Crippen molar-refractivity contribution >= 4 is 23.2 Å². The van der Waals surface area contributed by atoms with Crippen molar-refractivity contribution in [1.29, 1.82) is 0 Å². The summed E-state index contributed by atoms with van der Waals surface area (Å²) in [6.45, 7) is -0.371. The molecule has 0 atom stereocenters. The van der Waals surface area contributed by atoms with E-state index in [1.165, 1.54) is 13.2 Å². The van der Waals surface area contributed by atoms with Gasteiger partial charge in [0.05, 0.1) is 12.0 Å². The summed E-state index contributed by atoms with van der Waals surface area (Å²) in [6, 6.07) is 2.56. The lowest BCUT2D eigenvalue weighted by Gasteiger charge is -2.43. The van der Waals surface area contributed by atoms with Crippen molar-refractivity contribution in [3.63, 3.8) is 0 Å². The number of allylic oxidation sites excluding steroid dienone is 4. The Morgan fingerprint density at radius 1 is 1.12 bits per heavy atom. The summed E-state index contributed by atoms with van der Waals surface area (Å²) in [5.41, 5.74) is 1.39. The number of nitrogens with zero attached hydrogens (tertiary/aromatic N) is 2. The Hall–Kier alpha value is -3.69. The van der Waals surface area contributed by atoms with Crippen molar-refractivity contribution in [3.8, 4) is 11.5 Å². The largest absolute Gasteiger partial charge is 0.500 e. The number of phenolic OH excluding ortho intramolecular Hbond substituents is 1. The smallest absolute Gasteiger partial charge is 0.323 e. The molecule has 0 radical (unpaired) electrons. The number of carboxylic acid groups (broad SMARTS) is 1. The zero-order valence-corrected chi connectivity index (χ0v) is 17.4. The number of aromatic hydroxyl groups is 1. The summed E-state index contributed by atoms with van der Waals surface area (Å²) >= 11 is 0. The first-order valence-electron chi connectivity index (χ1n) is 10.3. The summed E-state index contributed by atoms with van der Waals surface area (Å²) in [6.07, 6.45) is 2.52. The Kier molecular flexibility index (Phi) is 5.45. The quantitative estimate of drug-likeness (QED) is 0.519. The Bertz CT molecular complexity index is 1070. The second-order valence-corrected chi connectivity index (χ2v) is 8.04. The van der Waals surface area contributed by atoms with Gasteiger partial charge in [-0.25, -0.2) is 0 Å². The van der Waals surface area contributed by atoms with Gasteiger partial charge in [-0.05, 0) is 37.3 Å². The zero-order chi connectivity index (χ0) is 23.2. The number of carbonyl (C=O) groups is 3. The van der Waals surface area contributed by atoms with Crippen LogP contribution in [0.2, 0.25) is 0 Å². The average molecular weight is 442 g/mol. The molecule has 1 aromatic carbocycles. The molecule has 0 bridgehead atoms. The first kappa shape index (κ1) is 21.5. The van der Waals surface area contributed by atoms with Gasteiger partial charge < -0.3 is 19.8 Å². The number of Topliss-reactive ketones (excluding diaryl/α,β-unsaturated/α-hetero) is 2. The molecule has 168 valence electrons. The maximum Gasteiger partial charge on any atom is 0.323 e. The van der Waals surface area contributed by atoms with Crippen LogP contribution in [0.5, 0.6) is 11.5 Å². The third-order valence-corrected chi connectivity index (χ3v) is 6.21. The van der Waals surface area contributed by atoms with Gasteiger partial charge >= 0.3 is 11.7 Å². The Morgan fingerprint density at radius 3 is 2.16 bits per heavy atom. The van der Waals surface area contributed by atoms with Crippen molar-refractivity contribution in [2.24, 2.45) is 0 Å². The van der Waals surface area contributed by atoms with Crippen LogP contribution in [0.1, 0.15) is 50.0 Å². The maximum atomic E-state index is 13.1. The van der Waals surface area contributed by atoms with Crippen LogP contribution in [0.15, 0.2) is 34.7 Å². The van der Waals surface area contributed by atoms with E-state index in [0.29, 0.717) is 48.2 Å². The van der Waals surface area contributed by atoms with Gasteiger partial charge in [-0.15, -0.1) is 0 Å². The van der Waals surface area contributed by atoms with Gasteiger partial charge in [-0.2, -0.15) is 0 Å². The highest BCUT2D eigenvalue weighted by atomic mass is 16.6. The fourth-order valence-corrected chi connectivity index (χ4v) is 4.95. The summed E-state index contributed by atoms with van der Waals surface area (Å²) in [7, 11) is 1.25. The molecule has 0 saturated carbocycles. The van der Waals surface area contributed by atoms with Crippen LogP contribution in [0.25, 0.3) is 0 Å². The van der Waals surface area contributed by atoms with Crippen LogP contribution in [0.4, 0.5) is 5.69 Å². The first-order valence-corrected chi connectivity index (χ1v) is 10.3. The van der Waals surface area contributed by atoms with Crippen molar-refractivity contribution in [2.75, 3.05) is 13.7 Å². The number of nitro benzene ring substituents is 1. The lowest BCUT2D eigenvalue weighted by Crippen LogP contribution is -2.41. The van der Waals surface area contributed by atoms with Gasteiger partial charge in [-0.3, -0.25) is 24.5 Å². The molecule has 4 rings (SSSR count). The molecular formula is C22H22N2O8. The summed E-state index contributed by atoms with van der Waals surface area (Å²) < 4.78 is 5.12. The van der Waals surface area contributed by atoms with Crippen molar-refractivity contribution in [2.45, 2.75) is 44.4 Å². The lowest BCUT2D eigenvalue weighted by atomic mass is 9.71. The van der Waals surface area contributed by atoms with Crippen LogP contribution in [-0.2, 0) is 14.4 Å². The molecule has 0 amide bonds. The highest BCUT2D eigenvalue weighted by Crippen LogP contribution is 2.51. The van der Waals surface area contributed by atoms with Crippen LogP contribution >= 0.6 is 0 Å². The van der Waals surface area contributed by atoms with Gasteiger partial charge in [0.15, 0.2) is 17.3 Å². The van der Waals surface area contributed by atoms with E-state index < -0.39 is 28.2 Å². The van der Waals surface area contributed by atoms with E-state index in [1.807, 2.05) is 0 Å². The molecule has 2 N–H and O–H groups in total. The molecule has 3 aliphatic rings. The van der Waals surface area contributed by atoms with E-state index in [-0.39, 0.29) is 42.3 Å². The van der Waals surface area contributed by atoms with Gasteiger partial charge in [-0.1, -0.05) is 0 Å². The molecule has 0 fully saturated rings. The Morgan fingerprint density at radius 2 is 1.69 bits per heavy atom. The zero-order valence-electron chi connectivity index (χ0n) is 17.4. The number of aliphatic carboxylic acids is 1. The molecule has 0 aromatic heterocycles. The number of carbonyl (C=O) groups excluding carboxylic acids is 2. The summed E-state index contributed by atoms with van der Waals surface area (Å²) in [5, 5.41) is 31.2. The number of ether oxygens (including phenoxy) is 1. The van der Waals surface area contributed by atoms with Gasteiger partial charge in [0.25, 0.3) is 0 Å². The average Bonchev–Trinajstić information content (AvgIpc) is 2.74. The lowest BCUT2D eigenvalue weighted by molar-refractivity contribution is -0.386. The number of carboxylic acids is 1. The number of nitro groups is 1. The molecule has 1 aromatic rings. The summed E-state index contributed by atoms with van der Waals surface area (Å²) in [5.74, 6) is -3.17. The number of methoxy groups -OCH3 is 1. The molecule has 2 aliphatic carbocycles. The minimum atomic E-state index is -1.08. The predicted molar refractivity (Wildman–Crippen MR) is 110 cm³/mol. The van der Waals surface area contributed by atoms with Gasteiger partial charge in [0.1, 0.15) is 6.54 Å². The predicted octanol–water partition coefficient (Wildman–Crippen LogP) is 2.81. The fraction of sp³-hybridized carbons (Fsp3) is 0.409. The number of rotatable bonds is 5. The topological polar surface area (TPSA) is 147 Å². The normalized spacial score (nSPS) is 19.1. The van der Waals surface area contributed by atoms with E-state index in [1.54, 1.807) is 4.90 Å². The van der Waals surface area contributed by atoms with E-state index in [9.17, 15) is 34.7 Å². The minimum Gasteiger partial charge on any atom is -0.500 e. The molecule has 32 heavy (non-hydrogen) atoms. The minimum absolute atomic E-state index is 0.141. The number of hydrogen-bond acceptors (Lipinski definition) is 8. The third kappa shape index (κ3) is 3.41. The fourth-order valence-electron chi connectivity index (χ4n) is 4.95. The first-order chi connectivity index (χ1) is 15.2. The second-order valence-electron chi connectivity index (χ2n) is 8.04. The Balaban J connectivity index is 2.02. The maximum absolute atomic E-state index is 13.1. The number of ketones is 2. The van der Waals surface area contributed by atoms with Gasteiger partial charge in [0, 0.05) is 47.4 Å². The molecule has 1 aliphatic heterocycles.